The van der Waals surface area contributed by atoms with E-state index >= 15 is 0 Å². The summed E-state index contributed by atoms with van der Waals surface area (Å²) in [6.07, 6.45) is 1.65. The van der Waals surface area contributed by atoms with Crippen LogP contribution in [0.25, 0.3) is 0 Å². The average Bonchev–Trinajstić information content (AvgIpc) is 3.24. The van der Waals surface area contributed by atoms with Gasteiger partial charge in [0.05, 0.1) is 19.4 Å². The molecular weight excluding hydrogens is 356 g/mol. The van der Waals surface area contributed by atoms with Crippen molar-refractivity contribution in [2.24, 2.45) is 0 Å². The van der Waals surface area contributed by atoms with E-state index in [0.717, 1.165) is 17.0 Å². The minimum Gasteiger partial charge on any atom is -0.468 e. The van der Waals surface area contributed by atoms with Crippen molar-refractivity contribution in [3.63, 3.8) is 0 Å². The van der Waals surface area contributed by atoms with E-state index in [9.17, 15) is 4.79 Å². The van der Waals surface area contributed by atoms with Crippen molar-refractivity contribution >= 4 is 34.5 Å². The number of hydrogen-bond acceptors (Lipinski definition) is 4. The third-order valence-corrected chi connectivity index (χ3v) is 4.85. The van der Waals surface area contributed by atoms with Gasteiger partial charge in [-0.2, -0.15) is 0 Å². The second kappa shape index (κ2) is 8.34. The predicted octanol–water partition coefficient (Wildman–Crippen LogP) is 4.94. The van der Waals surface area contributed by atoms with E-state index in [1.54, 1.807) is 23.7 Å². The number of hydrogen-bond donors (Lipinski definition) is 1. The standard InChI is InChI=1S/C19H19ClN2O2S/c1-14-10-15(20)6-7-18(14)21-19(23)13-22(11-16-4-2-8-24-16)12-17-5-3-9-25-17/h2-10H,11-13H2,1H3,(H,21,23). The number of thiophene rings is 1. The number of aryl methyl sites for hydroxylation is 1. The van der Waals surface area contributed by atoms with Gasteiger partial charge in [-0.1, -0.05) is 17.7 Å². The van der Waals surface area contributed by atoms with Crippen LogP contribution in [-0.2, 0) is 17.9 Å². The van der Waals surface area contributed by atoms with Gasteiger partial charge in [-0.15, -0.1) is 11.3 Å². The van der Waals surface area contributed by atoms with Crippen LogP contribution in [0.3, 0.4) is 0 Å². The van der Waals surface area contributed by atoms with Crippen LogP contribution >= 0.6 is 22.9 Å². The van der Waals surface area contributed by atoms with E-state index in [0.29, 0.717) is 18.1 Å². The van der Waals surface area contributed by atoms with Crippen molar-refractivity contribution in [1.82, 2.24) is 4.90 Å². The van der Waals surface area contributed by atoms with Crippen LogP contribution in [-0.4, -0.2) is 17.4 Å². The lowest BCUT2D eigenvalue weighted by Gasteiger charge is -2.20. The molecule has 2 aromatic heterocycles. The zero-order valence-electron chi connectivity index (χ0n) is 13.9. The molecule has 3 aromatic rings. The Morgan fingerprint density at radius 1 is 1.24 bits per heavy atom. The Bertz CT molecular complexity index is 780. The van der Waals surface area contributed by atoms with Crippen LogP contribution in [0.1, 0.15) is 16.2 Å². The van der Waals surface area contributed by atoms with Gasteiger partial charge in [-0.05, 0) is 54.3 Å². The van der Waals surface area contributed by atoms with Gasteiger partial charge >= 0.3 is 0 Å². The van der Waals surface area contributed by atoms with E-state index in [4.69, 9.17) is 16.0 Å². The number of nitrogens with zero attached hydrogens (tertiary/aromatic N) is 1. The molecule has 130 valence electrons. The normalized spacial score (nSPS) is 11.0. The third-order valence-electron chi connectivity index (χ3n) is 3.75. The van der Waals surface area contributed by atoms with E-state index < -0.39 is 0 Å². The van der Waals surface area contributed by atoms with Crippen molar-refractivity contribution in [2.45, 2.75) is 20.0 Å². The van der Waals surface area contributed by atoms with Gasteiger partial charge in [-0.3, -0.25) is 9.69 Å². The Morgan fingerprint density at radius 2 is 2.12 bits per heavy atom. The van der Waals surface area contributed by atoms with E-state index in [1.165, 1.54) is 4.88 Å². The molecule has 0 radical (unpaired) electrons. The molecule has 0 unspecified atom stereocenters. The Labute approximate surface area is 156 Å². The maximum Gasteiger partial charge on any atom is 0.238 e. The number of benzene rings is 1. The quantitative estimate of drug-likeness (QED) is 0.636. The fourth-order valence-corrected chi connectivity index (χ4v) is 3.55. The van der Waals surface area contributed by atoms with Gasteiger partial charge in [0.1, 0.15) is 5.76 Å². The first kappa shape index (κ1) is 17.7. The highest BCUT2D eigenvalue weighted by molar-refractivity contribution is 7.09. The lowest BCUT2D eigenvalue weighted by Crippen LogP contribution is -2.32. The summed E-state index contributed by atoms with van der Waals surface area (Å²) in [7, 11) is 0. The first-order valence-corrected chi connectivity index (χ1v) is 9.19. The highest BCUT2D eigenvalue weighted by atomic mass is 35.5. The molecule has 4 nitrogen and oxygen atoms in total. The fourth-order valence-electron chi connectivity index (χ4n) is 2.57. The lowest BCUT2D eigenvalue weighted by molar-refractivity contribution is -0.117. The molecule has 0 aliphatic rings. The minimum atomic E-state index is -0.0615. The Kier molecular flexibility index (Phi) is 5.91. The number of carbonyl (C=O) groups is 1. The first-order chi connectivity index (χ1) is 12.1. The van der Waals surface area contributed by atoms with Gasteiger partial charge in [0.2, 0.25) is 5.91 Å². The predicted molar refractivity (Wildman–Crippen MR) is 102 cm³/mol. The molecule has 1 amide bonds. The van der Waals surface area contributed by atoms with E-state index in [-0.39, 0.29) is 12.5 Å². The molecule has 25 heavy (non-hydrogen) atoms. The van der Waals surface area contributed by atoms with Gasteiger partial charge in [0.15, 0.2) is 0 Å². The van der Waals surface area contributed by atoms with Crippen LogP contribution in [0.2, 0.25) is 5.02 Å². The van der Waals surface area contributed by atoms with Crippen LogP contribution in [0.15, 0.2) is 58.5 Å². The zero-order valence-corrected chi connectivity index (χ0v) is 15.4. The number of carbonyl (C=O) groups excluding carboxylic acids is 1. The van der Waals surface area contributed by atoms with Crippen molar-refractivity contribution in [3.05, 3.63) is 75.3 Å². The molecule has 3 rings (SSSR count). The molecule has 0 fully saturated rings. The van der Waals surface area contributed by atoms with Crippen molar-refractivity contribution in [2.75, 3.05) is 11.9 Å². The molecule has 0 bridgehead atoms. The highest BCUT2D eigenvalue weighted by Gasteiger charge is 2.15. The van der Waals surface area contributed by atoms with Crippen LogP contribution in [0, 0.1) is 6.92 Å². The number of rotatable bonds is 7. The van der Waals surface area contributed by atoms with Crippen LogP contribution in [0.4, 0.5) is 5.69 Å². The lowest BCUT2D eigenvalue weighted by atomic mass is 10.2. The van der Waals surface area contributed by atoms with Gasteiger partial charge < -0.3 is 9.73 Å². The molecule has 1 N–H and O–H groups in total. The van der Waals surface area contributed by atoms with Crippen LogP contribution in [0.5, 0.6) is 0 Å². The molecule has 0 aliphatic carbocycles. The molecule has 0 aliphatic heterocycles. The molecule has 0 saturated carbocycles. The monoisotopic (exact) mass is 374 g/mol. The number of nitrogens with one attached hydrogen (secondary N) is 1. The Hall–Kier alpha value is -2.08. The number of amides is 1. The van der Waals surface area contributed by atoms with Gasteiger partial charge in [-0.25, -0.2) is 0 Å². The molecular formula is C19H19ClN2O2S. The number of furan rings is 1. The van der Waals surface area contributed by atoms with Crippen molar-refractivity contribution in [1.29, 1.82) is 0 Å². The third kappa shape index (κ3) is 5.19. The molecule has 6 heteroatoms. The van der Waals surface area contributed by atoms with E-state index in [1.807, 2.05) is 42.6 Å². The van der Waals surface area contributed by atoms with Gasteiger partial charge in [0.25, 0.3) is 0 Å². The first-order valence-electron chi connectivity index (χ1n) is 7.93. The summed E-state index contributed by atoms with van der Waals surface area (Å²) in [5, 5.41) is 5.66. The topological polar surface area (TPSA) is 45.5 Å². The summed E-state index contributed by atoms with van der Waals surface area (Å²) < 4.78 is 5.43. The SMILES string of the molecule is Cc1cc(Cl)ccc1NC(=O)CN(Cc1ccco1)Cc1cccs1. The molecule has 0 atom stereocenters. The largest absolute Gasteiger partial charge is 0.468 e. The van der Waals surface area contributed by atoms with E-state index in [2.05, 4.69) is 16.3 Å². The molecule has 2 heterocycles. The maximum atomic E-state index is 12.5. The number of anilines is 1. The summed E-state index contributed by atoms with van der Waals surface area (Å²) in [5.41, 5.74) is 1.72. The Balaban J connectivity index is 1.66. The number of halogens is 1. The summed E-state index contributed by atoms with van der Waals surface area (Å²) in [6, 6.07) is 13.3. The van der Waals surface area contributed by atoms with Crippen molar-refractivity contribution < 1.29 is 9.21 Å². The second-order valence-electron chi connectivity index (χ2n) is 5.81. The minimum absolute atomic E-state index is 0.0615. The fraction of sp³-hybridized carbons (Fsp3) is 0.211. The highest BCUT2D eigenvalue weighted by Crippen LogP contribution is 2.20. The van der Waals surface area contributed by atoms with Gasteiger partial charge in [0, 0.05) is 22.1 Å². The average molecular weight is 375 g/mol. The summed E-state index contributed by atoms with van der Waals surface area (Å²) >= 11 is 7.65. The smallest absolute Gasteiger partial charge is 0.238 e. The summed E-state index contributed by atoms with van der Waals surface area (Å²) in [5.74, 6) is 0.778. The molecule has 1 aromatic carbocycles. The molecule has 0 spiro atoms. The Morgan fingerprint density at radius 3 is 2.80 bits per heavy atom. The summed E-state index contributed by atoms with van der Waals surface area (Å²) in [4.78, 5) is 15.8. The second-order valence-corrected chi connectivity index (χ2v) is 7.28. The zero-order chi connectivity index (χ0) is 17.6. The van der Waals surface area contributed by atoms with Crippen LogP contribution < -0.4 is 5.32 Å². The summed E-state index contributed by atoms with van der Waals surface area (Å²) in [6.45, 7) is 3.48. The molecule has 0 saturated heterocycles. The maximum absolute atomic E-state index is 12.5. The van der Waals surface area contributed by atoms with Crippen molar-refractivity contribution in [3.8, 4) is 0 Å².